The molecule has 2 N–H and O–H groups in total. The van der Waals surface area contributed by atoms with Crippen LogP contribution in [0.3, 0.4) is 0 Å². The number of aromatic hydroxyl groups is 2. The Balaban J connectivity index is 1.20. The minimum atomic E-state index is -0.665. The van der Waals surface area contributed by atoms with Crippen molar-refractivity contribution in [2.75, 3.05) is 13.2 Å². The lowest BCUT2D eigenvalue weighted by molar-refractivity contribution is -0.121. The molecular weight excluding hydrogens is 779 g/mol. The van der Waals surface area contributed by atoms with Gasteiger partial charge in [-0.15, -0.1) is 0 Å². The summed E-state index contributed by atoms with van der Waals surface area (Å²) in [5, 5.41) is 21.7. The predicted octanol–water partition coefficient (Wildman–Crippen LogP) is 14.5. The Morgan fingerprint density at radius 1 is 0.780 bits per heavy atom. The molecule has 6 rings (SSSR count). The summed E-state index contributed by atoms with van der Waals surface area (Å²) in [6, 6.07) is 6.41. The molecule has 326 valence electrons. The van der Waals surface area contributed by atoms with Crippen LogP contribution in [-0.2, 0) is 9.47 Å². The first-order chi connectivity index (χ1) is 28.1. The van der Waals surface area contributed by atoms with Gasteiger partial charge < -0.3 is 19.7 Å². The van der Waals surface area contributed by atoms with Gasteiger partial charge in [-0.2, -0.15) is 0 Å². The molecule has 0 aliphatic heterocycles. The summed E-state index contributed by atoms with van der Waals surface area (Å²) in [5.74, 6) is 4.48. The van der Waals surface area contributed by atoms with Gasteiger partial charge in [0.05, 0.1) is 23.3 Å². The molecular formula is C51H72Cl2O6. The highest BCUT2D eigenvalue weighted by Crippen LogP contribution is 2.69. The van der Waals surface area contributed by atoms with Crippen molar-refractivity contribution in [1.29, 1.82) is 0 Å². The van der Waals surface area contributed by atoms with Gasteiger partial charge in [-0.1, -0.05) is 97.0 Å². The first-order valence-electron chi connectivity index (χ1n) is 23.2. The van der Waals surface area contributed by atoms with Crippen LogP contribution in [0.2, 0.25) is 10.0 Å². The standard InChI is InChI=1S/C51H72Cl2O6/c1-8-24-58-48(56)39-27-34(29-44(52)46(39)54)37(35-28-40(47(55)45(53)30-35)49(57)59-25-9-2)15-11-14-33-20-22-50(6)36(26-33)16-17-38-42-19-18-41(32(5)13-10-12-31(3)4)51(42,7)23-21-43(38)50/h15,27-33,36,38,41-43,54-55H,8-14,16-26H2,1-7H3/t32?,33-,36-,38-,41+,42-,43-,50-,51+/m0/s1. The third-order valence-corrected chi connectivity index (χ3v) is 16.5. The van der Waals surface area contributed by atoms with E-state index in [0.717, 1.165) is 54.3 Å². The quantitative estimate of drug-likeness (QED) is 0.163. The summed E-state index contributed by atoms with van der Waals surface area (Å²) in [6.45, 7) is 16.9. The fraction of sp³-hybridized carbons (Fsp3) is 0.686. The molecule has 59 heavy (non-hydrogen) atoms. The van der Waals surface area contributed by atoms with Crippen molar-refractivity contribution in [3.05, 3.63) is 62.6 Å². The maximum atomic E-state index is 13.1. The highest BCUT2D eigenvalue weighted by atomic mass is 35.5. The van der Waals surface area contributed by atoms with Crippen LogP contribution in [0, 0.1) is 58.2 Å². The molecule has 1 unspecified atom stereocenters. The van der Waals surface area contributed by atoms with E-state index in [1.54, 1.807) is 24.3 Å². The average molecular weight is 852 g/mol. The number of hydrogen-bond acceptors (Lipinski definition) is 6. The Kier molecular flexibility index (Phi) is 15.2. The number of fused-ring (bicyclic) bond motifs is 5. The molecule has 4 fully saturated rings. The van der Waals surface area contributed by atoms with E-state index >= 15 is 0 Å². The molecule has 0 radical (unpaired) electrons. The Hall–Kier alpha value is -2.70. The van der Waals surface area contributed by atoms with E-state index in [-0.39, 0.29) is 45.9 Å². The second-order valence-corrected chi connectivity index (χ2v) is 20.8. The molecule has 4 aliphatic carbocycles. The van der Waals surface area contributed by atoms with E-state index in [2.05, 4.69) is 40.7 Å². The van der Waals surface area contributed by atoms with Crippen LogP contribution in [0.25, 0.3) is 5.57 Å². The fourth-order valence-electron chi connectivity index (χ4n) is 12.9. The summed E-state index contributed by atoms with van der Waals surface area (Å²) in [5.41, 5.74) is 2.70. The fourth-order valence-corrected chi connectivity index (χ4v) is 13.3. The summed E-state index contributed by atoms with van der Waals surface area (Å²) in [7, 11) is 0. The molecule has 0 saturated heterocycles. The second-order valence-electron chi connectivity index (χ2n) is 20.0. The third kappa shape index (κ3) is 9.69. The molecule has 0 aromatic heterocycles. The number of hydrogen-bond donors (Lipinski definition) is 2. The number of halogens is 2. The smallest absolute Gasteiger partial charge is 0.341 e. The number of phenols is 2. The zero-order chi connectivity index (χ0) is 42.6. The first-order valence-corrected chi connectivity index (χ1v) is 24.0. The lowest BCUT2D eigenvalue weighted by Crippen LogP contribution is -2.53. The number of benzene rings is 2. The molecule has 2 aromatic rings. The van der Waals surface area contributed by atoms with Crippen molar-refractivity contribution in [3.63, 3.8) is 0 Å². The monoisotopic (exact) mass is 850 g/mol. The molecule has 4 saturated carbocycles. The van der Waals surface area contributed by atoms with Crippen LogP contribution in [0.1, 0.15) is 183 Å². The molecule has 0 spiro atoms. The molecule has 0 heterocycles. The van der Waals surface area contributed by atoms with E-state index in [4.69, 9.17) is 32.7 Å². The zero-order valence-corrected chi connectivity index (χ0v) is 38.5. The number of phenolic OH excluding ortho intramolecular Hbond substituents is 2. The van der Waals surface area contributed by atoms with Crippen molar-refractivity contribution in [1.82, 2.24) is 0 Å². The number of rotatable bonds is 16. The highest BCUT2D eigenvalue weighted by molar-refractivity contribution is 6.33. The maximum absolute atomic E-state index is 13.1. The Morgan fingerprint density at radius 3 is 1.93 bits per heavy atom. The summed E-state index contributed by atoms with van der Waals surface area (Å²) >= 11 is 13.1. The Labute approximate surface area is 365 Å². The van der Waals surface area contributed by atoms with Crippen LogP contribution < -0.4 is 0 Å². The topological polar surface area (TPSA) is 93.1 Å². The Morgan fingerprint density at radius 2 is 1.36 bits per heavy atom. The van der Waals surface area contributed by atoms with Crippen LogP contribution >= 0.6 is 23.2 Å². The van der Waals surface area contributed by atoms with Gasteiger partial charge in [-0.25, -0.2) is 9.59 Å². The van der Waals surface area contributed by atoms with Gasteiger partial charge in [0.25, 0.3) is 0 Å². The van der Waals surface area contributed by atoms with E-state index in [1.165, 1.54) is 77.0 Å². The molecule has 6 nitrogen and oxygen atoms in total. The predicted molar refractivity (Wildman–Crippen MR) is 240 cm³/mol. The largest absolute Gasteiger partial charge is 0.505 e. The average Bonchev–Trinajstić information content (AvgIpc) is 3.57. The van der Waals surface area contributed by atoms with E-state index < -0.39 is 11.9 Å². The highest BCUT2D eigenvalue weighted by Gasteiger charge is 2.60. The number of carbonyl (C=O) groups is 2. The maximum Gasteiger partial charge on any atom is 0.341 e. The van der Waals surface area contributed by atoms with Crippen molar-refractivity contribution < 1.29 is 29.3 Å². The van der Waals surface area contributed by atoms with Gasteiger partial charge >= 0.3 is 11.9 Å². The minimum Gasteiger partial charge on any atom is -0.505 e. The molecule has 4 aliphatic rings. The van der Waals surface area contributed by atoms with Gasteiger partial charge in [-0.3, -0.25) is 0 Å². The van der Waals surface area contributed by atoms with Crippen LogP contribution in [0.5, 0.6) is 11.5 Å². The van der Waals surface area contributed by atoms with E-state index in [1.807, 2.05) is 13.8 Å². The molecule has 9 atom stereocenters. The van der Waals surface area contributed by atoms with Gasteiger partial charge in [0, 0.05) is 0 Å². The van der Waals surface area contributed by atoms with E-state index in [0.29, 0.717) is 46.3 Å². The molecule has 0 amide bonds. The lowest BCUT2D eigenvalue weighted by atomic mass is 9.44. The second kappa shape index (κ2) is 19.6. The summed E-state index contributed by atoms with van der Waals surface area (Å²) < 4.78 is 10.8. The van der Waals surface area contributed by atoms with Gasteiger partial charge in [0.1, 0.15) is 22.6 Å². The van der Waals surface area contributed by atoms with Crippen molar-refractivity contribution in [2.45, 2.75) is 151 Å². The first kappa shape index (κ1) is 45.8. The number of allylic oxidation sites excluding steroid dienone is 1. The molecule has 8 heteroatoms. The third-order valence-electron chi connectivity index (χ3n) is 16.0. The van der Waals surface area contributed by atoms with Gasteiger partial charge in [-0.05, 0) is 183 Å². The van der Waals surface area contributed by atoms with Crippen molar-refractivity contribution in [3.8, 4) is 11.5 Å². The summed E-state index contributed by atoms with van der Waals surface area (Å²) in [6.07, 6.45) is 21.5. The number of ether oxygens (including phenoxy) is 2. The van der Waals surface area contributed by atoms with Crippen molar-refractivity contribution in [2.24, 2.45) is 58.2 Å². The molecule has 0 bridgehead atoms. The zero-order valence-electron chi connectivity index (χ0n) is 37.0. The molecule has 2 aromatic carbocycles. The minimum absolute atomic E-state index is 0.0128. The van der Waals surface area contributed by atoms with Crippen molar-refractivity contribution >= 4 is 40.7 Å². The van der Waals surface area contributed by atoms with Crippen LogP contribution in [-0.4, -0.2) is 35.4 Å². The Bertz CT molecular complexity index is 1760. The van der Waals surface area contributed by atoms with Gasteiger partial charge in [0.2, 0.25) is 0 Å². The number of carbonyl (C=O) groups excluding carboxylic acids is 2. The lowest BCUT2D eigenvalue weighted by Gasteiger charge is -2.61. The van der Waals surface area contributed by atoms with E-state index in [9.17, 15) is 19.8 Å². The number of esters is 2. The van der Waals surface area contributed by atoms with Crippen LogP contribution in [0.4, 0.5) is 0 Å². The normalized spacial score (nSPS) is 29.3. The SMILES string of the molecule is CCCOC(=O)c1cc(C(=CCC[C@H]2CC[C@@]3(C)[C@@H](CC[C@@H]4[C@@H]3CC[C@]3(C)[C@@H](C(C)CCCC(C)C)CC[C@@H]43)C2)c2cc(Cl)c(O)c(C(=O)OCCC)c2)cc(Cl)c1O. The van der Waals surface area contributed by atoms with Gasteiger partial charge in [0.15, 0.2) is 0 Å². The van der Waals surface area contributed by atoms with Crippen LogP contribution in [0.15, 0.2) is 30.3 Å². The summed E-state index contributed by atoms with van der Waals surface area (Å²) in [4.78, 5) is 26.1.